The first-order valence-corrected chi connectivity index (χ1v) is 11.0. The lowest BCUT2D eigenvalue weighted by Gasteiger charge is -2.36. The Hall–Kier alpha value is -2.33. The molecule has 4 nitrogen and oxygen atoms in total. The molecule has 1 fully saturated rings. The first-order valence-electron chi connectivity index (χ1n) is 11.0. The molecule has 2 aromatic rings. The fraction of sp³-hybridized carbons (Fsp3) is 0.480. The maximum atomic E-state index is 12.1. The molecule has 0 bridgehead atoms. The molecule has 1 amide bonds. The Morgan fingerprint density at radius 1 is 0.966 bits per heavy atom. The molecule has 1 aliphatic heterocycles. The molecular weight excluding hydrogens is 358 g/mol. The van der Waals surface area contributed by atoms with Gasteiger partial charge in [-0.25, -0.2) is 0 Å². The van der Waals surface area contributed by atoms with Crippen LogP contribution in [0.1, 0.15) is 36.0 Å². The van der Waals surface area contributed by atoms with Crippen molar-refractivity contribution in [1.29, 1.82) is 0 Å². The van der Waals surface area contributed by atoms with Crippen molar-refractivity contribution in [2.75, 3.05) is 44.2 Å². The number of unbranched alkanes of at least 4 members (excludes halogenated alkanes) is 1. The Morgan fingerprint density at radius 2 is 1.72 bits per heavy atom. The number of rotatable bonds is 9. The van der Waals surface area contributed by atoms with E-state index in [1.807, 2.05) is 0 Å². The first-order chi connectivity index (χ1) is 14.1. The summed E-state index contributed by atoms with van der Waals surface area (Å²) < 4.78 is 0. The van der Waals surface area contributed by atoms with Crippen molar-refractivity contribution >= 4 is 11.6 Å². The third-order valence-corrected chi connectivity index (χ3v) is 5.84. The van der Waals surface area contributed by atoms with E-state index in [2.05, 4.69) is 77.5 Å². The minimum atomic E-state index is 0.168. The van der Waals surface area contributed by atoms with Crippen LogP contribution in [-0.2, 0) is 11.2 Å². The molecule has 1 heterocycles. The van der Waals surface area contributed by atoms with E-state index in [1.54, 1.807) is 0 Å². The summed E-state index contributed by atoms with van der Waals surface area (Å²) in [5.41, 5.74) is 5.17. The third kappa shape index (κ3) is 6.90. The maximum absolute atomic E-state index is 12.1. The molecule has 0 atom stereocenters. The lowest BCUT2D eigenvalue weighted by molar-refractivity contribution is -0.121. The summed E-state index contributed by atoms with van der Waals surface area (Å²) in [4.78, 5) is 17.1. The number of carbonyl (C=O) groups is 1. The molecule has 156 valence electrons. The predicted molar refractivity (Wildman–Crippen MR) is 122 cm³/mol. The summed E-state index contributed by atoms with van der Waals surface area (Å²) in [6.45, 7) is 10.6. The standard InChI is InChI=1S/C25H35N3O/c1-21-10-11-23(22(2)20-21)12-13-25(29)26-14-6-7-15-27-16-18-28(19-17-27)24-8-4-3-5-9-24/h3-5,8-11,20H,6-7,12-19H2,1-2H3,(H,26,29). The van der Waals surface area contributed by atoms with E-state index in [0.717, 1.165) is 58.5 Å². The molecular formula is C25H35N3O. The van der Waals surface area contributed by atoms with Crippen molar-refractivity contribution in [2.45, 2.75) is 39.5 Å². The number of carbonyl (C=O) groups excluding carboxylic acids is 1. The highest BCUT2D eigenvalue weighted by Gasteiger charge is 2.16. The second-order valence-electron chi connectivity index (χ2n) is 8.15. The zero-order chi connectivity index (χ0) is 20.5. The van der Waals surface area contributed by atoms with Gasteiger partial charge in [0.1, 0.15) is 0 Å². The smallest absolute Gasteiger partial charge is 0.220 e. The highest BCUT2D eigenvalue weighted by Crippen LogP contribution is 2.16. The molecule has 0 aliphatic carbocycles. The molecule has 29 heavy (non-hydrogen) atoms. The summed E-state index contributed by atoms with van der Waals surface area (Å²) in [7, 11) is 0. The molecule has 3 rings (SSSR count). The summed E-state index contributed by atoms with van der Waals surface area (Å²) in [5.74, 6) is 0.168. The van der Waals surface area contributed by atoms with Crippen molar-refractivity contribution in [3.05, 3.63) is 65.2 Å². The largest absolute Gasteiger partial charge is 0.369 e. The lowest BCUT2D eigenvalue weighted by Crippen LogP contribution is -2.46. The normalized spacial score (nSPS) is 14.8. The Labute approximate surface area is 175 Å². The Balaban J connectivity index is 1.24. The average molecular weight is 394 g/mol. The maximum Gasteiger partial charge on any atom is 0.220 e. The molecule has 1 N–H and O–H groups in total. The van der Waals surface area contributed by atoms with Gasteiger partial charge in [-0.05, 0) is 62.9 Å². The quantitative estimate of drug-likeness (QED) is 0.655. The number of nitrogens with one attached hydrogen (secondary N) is 1. The van der Waals surface area contributed by atoms with Gasteiger partial charge in [0, 0.05) is 44.8 Å². The third-order valence-electron chi connectivity index (χ3n) is 5.84. The van der Waals surface area contributed by atoms with Gasteiger partial charge < -0.3 is 10.2 Å². The van der Waals surface area contributed by atoms with Gasteiger partial charge >= 0.3 is 0 Å². The van der Waals surface area contributed by atoms with Crippen molar-refractivity contribution in [2.24, 2.45) is 0 Å². The Kier molecular flexibility index (Phi) is 8.12. The van der Waals surface area contributed by atoms with Crippen LogP contribution in [-0.4, -0.2) is 50.1 Å². The van der Waals surface area contributed by atoms with Gasteiger partial charge in [-0.3, -0.25) is 9.69 Å². The number of para-hydroxylation sites is 1. The van der Waals surface area contributed by atoms with Crippen molar-refractivity contribution < 1.29 is 4.79 Å². The van der Waals surface area contributed by atoms with E-state index in [-0.39, 0.29) is 5.91 Å². The van der Waals surface area contributed by atoms with Crippen molar-refractivity contribution in [3.8, 4) is 0 Å². The van der Waals surface area contributed by atoms with E-state index in [4.69, 9.17) is 0 Å². The summed E-state index contributed by atoms with van der Waals surface area (Å²) in [6, 6.07) is 17.1. The Bertz CT molecular complexity index is 767. The fourth-order valence-electron chi connectivity index (χ4n) is 4.02. The number of hydrogen-bond acceptors (Lipinski definition) is 3. The van der Waals surface area contributed by atoms with Crippen LogP contribution in [0.2, 0.25) is 0 Å². The highest BCUT2D eigenvalue weighted by atomic mass is 16.1. The van der Waals surface area contributed by atoms with Gasteiger partial charge in [0.05, 0.1) is 0 Å². The van der Waals surface area contributed by atoms with Gasteiger partial charge in [0.15, 0.2) is 0 Å². The lowest BCUT2D eigenvalue weighted by atomic mass is 10.0. The van der Waals surface area contributed by atoms with Gasteiger partial charge in [-0.1, -0.05) is 42.0 Å². The minimum absolute atomic E-state index is 0.168. The number of piperazine rings is 1. The average Bonchev–Trinajstić information content (AvgIpc) is 2.74. The number of aryl methyl sites for hydroxylation is 3. The number of hydrogen-bond donors (Lipinski definition) is 1. The van der Waals surface area contributed by atoms with Crippen LogP contribution >= 0.6 is 0 Å². The van der Waals surface area contributed by atoms with Crippen LogP contribution < -0.4 is 10.2 Å². The summed E-state index contributed by atoms with van der Waals surface area (Å²) in [6.07, 6.45) is 3.59. The topological polar surface area (TPSA) is 35.6 Å². The van der Waals surface area contributed by atoms with Crippen LogP contribution in [0.4, 0.5) is 5.69 Å². The molecule has 0 unspecified atom stereocenters. The molecule has 1 aliphatic rings. The number of anilines is 1. The molecule has 0 aromatic heterocycles. The van der Waals surface area contributed by atoms with E-state index >= 15 is 0 Å². The van der Waals surface area contributed by atoms with Crippen molar-refractivity contribution in [1.82, 2.24) is 10.2 Å². The zero-order valence-corrected chi connectivity index (χ0v) is 18.0. The zero-order valence-electron chi connectivity index (χ0n) is 18.0. The van der Waals surface area contributed by atoms with Crippen LogP contribution in [0.15, 0.2) is 48.5 Å². The van der Waals surface area contributed by atoms with E-state index in [0.29, 0.717) is 6.42 Å². The summed E-state index contributed by atoms with van der Waals surface area (Å²) >= 11 is 0. The monoisotopic (exact) mass is 393 g/mol. The van der Waals surface area contributed by atoms with E-state index < -0.39 is 0 Å². The van der Waals surface area contributed by atoms with E-state index in [9.17, 15) is 4.79 Å². The molecule has 2 aromatic carbocycles. The van der Waals surface area contributed by atoms with Gasteiger partial charge in [-0.2, -0.15) is 0 Å². The van der Waals surface area contributed by atoms with Crippen LogP contribution in [0.25, 0.3) is 0 Å². The number of benzene rings is 2. The minimum Gasteiger partial charge on any atom is -0.369 e. The fourth-order valence-corrected chi connectivity index (χ4v) is 4.02. The second-order valence-corrected chi connectivity index (χ2v) is 8.15. The van der Waals surface area contributed by atoms with Gasteiger partial charge in [0.25, 0.3) is 0 Å². The number of nitrogens with zero attached hydrogens (tertiary/aromatic N) is 2. The molecule has 0 spiro atoms. The second kappa shape index (κ2) is 11.0. The van der Waals surface area contributed by atoms with Gasteiger partial charge in [-0.15, -0.1) is 0 Å². The molecule has 0 saturated carbocycles. The van der Waals surface area contributed by atoms with Crippen LogP contribution in [0, 0.1) is 13.8 Å². The molecule has 0 radical (unpaired) electrons. The highest BCUT2D eigenvalue weighted by molar-refractivity contribution is 5.76. The van der Waals surface area contributed by atoms with E-state index in [1.165, 1.54) is 22.4 Å². The van der Waals surface area contributed by atoms with Crippen LogP contribution in [0.3, 0.4) is 0 Å². The molecule has 4 heteroatoms. The van der Waals surface area contributed by atoms with Crippen LogP contribution in [0.5, 0.6) is 0 Å². The number of amides is 1. The Morgan fingerprint density at radius 3 is 2.45 bits per heavy atom. The SMILES string of the molecule is Cc1ccc(CCC(=O)NCCCCN2CCN(c3ccccc3)CC2)c(C)c1. The predicted octanol–water partition coefficient (Wildman–Crippen LogP) is 3.95. The first kappa shape index (κ1) is 21.4. The molecule has 1 saturated heterocycles. The van der Waals surface area contributed by atoms with Crippen molar-refractivity contribution in [3.63, 3.8) is 0 Å². The van der Waals surface area contributed by atoms with Gasteiger partial charge in [0.2, 0.25) is 5.91 Å². The summed E-state index contributed by atoms with van der Waals surface area (Å²) in [5, 5.41) is 3.08.